The second-order valence-corrected chi connectivity index (χ2v) is 3.84. The molecule has 1 N–H and O–H groups in total. The van der Waals surface area contributed by atoms with Crippen molar-refractivity contribution >= 4 is 11.8 Å². The average molecular weight is 191 g/mol. The SMILES string of the molecule is CONCCCCCCCSC. The highest BCUT2D eigenvalue weighted by atomic mass is 32.2. The smallest absolute Gasteiger partial charge is 0.0572 e. The molecule has 0 saturated carbocycles. The predicted octanol–water partition coefficient (Wildman–Crippen LogP) is 2.45. The Bertz CT molecular complexity index is 70.9. The average Bonchev–Trinajstić information content (AvgIpc) is 2.10. The van der Waals surface area contributed by atoms with Crippen molar-refractivity contribution in [3.05, 3.63) is 0 Å². The van der Waals surface area contributed by atoms with Crippen LogP contribution in [0.25, 0.3) is 0 Å². The molecule has 0 spiro atoms. The van der Waals surface area contributed by atoms with Crippen molar-refractivity contribution in [3.8, 4) is 0 Å². The Hall–Kier alpha value is 0.270. The molecule has 0 unspecified atom stereocenters. The topological polar surface area (TPSA) is 21.3 Å². The standard InChI is InChI=1S/C9H21NOS/c1-11-10-8-6-4-3-5-7-9-12-2/h10H,3-9H2,1-2H3. The number of unbranched alkanes of at least 4 members (excludes halogenated alkanes) is 4. The van der Waals surface area contributed by atoms with Crippen molar-refractivity contribution in [1.29, 1.82) is 0 Å². The quantitative estimate of drug-likeness (QED) is 0.447. The van der Waals surface area contributed by atoms with Crippen LogP contribution in [0.15, 0.2) is 0 Å². The van der Waals surface area contributed by atoms with E-state index in [4.69, 9.17) is 4.84 Å². The van der Waals surface area contributed by atoms with Gasteiger partial charge in [-0.05, 0) is 24.9 Å². The van der Waals surface area contributed by atoms with E-state index in [1.807, 2.05) is 11.8 Å². The molecule has 0 saturated heterocycles. The van der Waals surface area contributed by atoms with Gasteiger partial charge in [-0.25, -0.2) is 5.48 Å². The molecule has 0 aliphatic carbocycles. The summed E-state index contributed by atoms with van der Waals surface area (Å²) in [7, 11) is 1.67. The molecule has 74 valence electrons. The maximum absolute atomic E-state index is 4.73. The van der Waals surface area contributed by atoms with Gasteiger partial charge in [-0.1, -0.05) is 19.3 Å². The van der Waals surface area contributed by atoms with Crippen molar-refractivity contribution in [1.82, 2.24) is 5.48 Å². The molecule has 0 aliphatic heterocycles. The first-order valence-electron chi connectivity index (χ1n) is 4.66. The summed E-state index contributed by atoms with van der Waals surface area (Å²) in [6.07, 6.45) is 8.85. The zero-order chi connectivity index (χ0) is 9.07. The molecule has 0 aromatic carbocycles. The Labute approximate surface area is 80.4 Å². The van der Waals surface area contributed by atoms with Gasteiger partial charge in [0.2, 0.25) is 0 Å². The minimum atomic E-state index is 0.985. The number of rotatable bonds is 9. The predicted molar refractivity (Wildman–Crippen MR) is 56.5 cm³/mol. The third-order valence-corrected chi connectivity index (χ3v) is 2.47. The maximum atomic E-state index is 4.73. The molecule has 0 amide bonds. The fraction of sp³-hybridized carbons (Fsp3) is 1.00. The van der Waals surface area contributed by atoms with E-state index in [9.17, 15) is 0 Å². The van der Waals surface area contributed by atoms with Crippen LogP contribution in [0.1, 0.15) is 32.1 Å². The van der Waals surface area contributed by atoms with Crippen LogP contribution in [0.4, 0.5) is 0 Å². The largest absolute Gasteiger partial charge is 0.305 e. The zero-order valence-electron chi connectivity index (χ0n) is 8.27. The number of hydrogen-bond acceptors (Lipinski definition) is 3. The number of hydroxylamine groups is 1. The van der Waals surface area contributed by atoms with E-state index in [1.54, 1.807) is 7.11 Å². The number of nitrogens with one attached hydrogen (secondary N) is 1. The van der Waals surface area contributed by atoms with E-state index in [0.29, 0.717) is 0 Å². The van der Waals surface area contributed by atoms with Gasteiger partial charge in [0.25, 0.3) is 0 Å². The van der Waals surface area contributed by atoms with Crippen molar-refractivity contribution in [2.75, 3.05) is 25.7 Å². The molecular weight excluding hydrogens is 170 g/mol. The van der Waals surface area contributed by atoms with Gasteiger partial charge in [0, 0.05) is 6.54 Å². The minimum Gasteiger partial charge on any atom is -0.305 e. The molecule has 3 heteroatoms. The third-order valence-electron chi connectivity index (χ3n) is 1.77. The van der Waals surface area contributed by atoms with Crippen LogP contribution in [0.2, 0.25) is 0 Å². The highest BCUT2D eigenvalue weighted by molar-refractivity contribution is 7.98. The van der Waals surface area contributed by atoms with Crippen LogP contribution < -0.4 is 5.48 Å². The Morgan fingerprint density at radius 2 is 1.75 bits per heavy atom. The summed E-state index contributed by atoms with van der Waals surface area (Å²) in [4.78, 5) is 4.73. The molecule has 0 aromatic heterocycles. The van der Waals surface area contributed by atoms with Crippen LogP contribution in [0.3, 0.4) is 0 Å². The second kappa shape index (κ2) is 11.3. The van der Waals surface area contributed by atoms with E-state index in [2.05, 4.69) is 11.7 Å². The summed E-state index contributed by atoms with van der Waals surface area (Å²) in [5.41, 5.74) is 2.85. The van der Waals surface area contributed by atoms with E-state index in [0.717, 1.165) is 6.54 Å². The first-order valence-corrected chi connectivity index (χ1v) is 6.06. The first-order chi connectivity index (χ1) is 5.91. The van der Waals surface area contributed by atoms with Crippen LogP contribution >= 0.6 is 11.8 Å². The zero-order valence-corrected chi connectivity index (χ0v) is 9.08. The van der Waals surface area contributed by atoms with Crippen LogP contribution in [0, 0.1) is 0 Å². The van der Waals surface area contributed by atoms with Gasteiger partial charge in [0.15, 0.2) is 0 Å². The Morgan fingerprint density at radius 1 is 1.08 bits per heavy atom. The summed E-state index contributed by atoms with van der Waals surface area (Å²) in [5, 5.41) is 0. The van der Waals surface area contributed by atoms with E-state index < -0.39 is 0 Å². The fourth-order valence-electron chi connectivity index (χ4n) is 1.08. The van der Waals surface area contributed by atoms with Gasteiger partial charge in [-0.2, -0.15) is 11.8 Å². The highest BCUT2D eigenvalue weighted by Crippen LogP contribution is 2.05. The molecule has 12 heavy (non-hydrogen) atoms. The molecule has 0 heterocycles. The second-order valence-electron chi connectivity index (χ2n) is 2.86. The molecule has 2 nitrogen and oxygen atoms in total. The Balaban J connectivity index is 2.73. The lowest BCUT2D eigenvalue weighted by Gasteiger charge is -2.01. The molecule has 0 aromatic rings. The summed E-state index contributed by atoms with van der Waals surface area (Å²) in [6.45, 7) is 0.985. The van der Waals surface area contributed by atoms with Gasteiger partial charge in [-0.15, -0.1) is 0 Å². The maximum Gasteiger partial charge on any atom is 0.0572 e. The lowest BCUT2D eigenvalue weighted by atomic mass is 10.2. The summed E-state index contributed by atoms with van der Waals surface area (Å²) in [5.74, 6) is 1.32. The normalized spacial score (nSPS) is 10.5. The van der Waals surface area contributed by atoms with Crippen LogP contribution in [-0.4, -0.2) is 25.7 Å². The molecule has 0 atom stereocenters. The van der Waals surface area contributed by atoms with Gasteiger partial charge >= 0.3 is 0 Å². The molecular formula is C9H21NOS. The lowest BCUT2D eigenvalue weighted by Crippen LogP contribution is -2.12. The van der Waals surface area contributed by atoms with Crippen molar-refractivity contribution in [3.63, 3.8) is 0 Å². The highest BCUT2D eigenvalue weighted by Gasteiger charge is 1.89. The number of thioether (sulfide) groups is 1. The molecule has 0 fully saturated rings. The van der Waals surface area contributed by atoms with Crippen molar-refractivity contribution in [2.45, 2.75) is 32.1 Å². The number of hydrogen-bond donors (Lipinski definition) is 1. The van der Waals surface area contributed by atoms with E-state index in [-0.39, 0.29) is 0 Å². The molecule has 0 radical (unpaired) electrons. The lowest BCUT2D eigenvalue weighted by molar-refractivity contribution is 0.0904. The monoisotopic (exact) mass is 191 g/mol. The van der Waals surface area contributed by atoms with E-state index in [1.165, 1.54) is 37.9 Å². The first kappa shape index (κ1) is 12.3. The molecule has 0 rings (SSSR count). The van der Waals surface area contributed by atoms with E-state index >= 15 is 0 Å². The van der Waals surface area contributed by atoms with Gasteiger partial charge < -0.3 is 4.84 Å². The fourth-order valence-corrected chi connectivity index (χ4v) is 1.57. The summed E-state index contributed by atoms with van der Waals surface area (Å²) >= 11 is 1.94. The Kier molecular flexibility index (Phi) is 11.5. The molecule has 0 bridgehead atoms. The van der Waals surface area contributed by atoms with Crippen molar-refractivity contribution < 1.29 is 4.84 Å². The summed E-state index contributed by atoms with van der Waals surface area (Å²) < 4.78 is 0. The molecule has 0 aliphatic rings. The Morgan fingerprint density at radius 3 is 2.42 bits per heavy atom. The van der Waals surface area contributed by atoms with Gasteiger partial charge in [0.1, 0.15) is 0 Å². The third kappa shape index (κ3) is 10.3. The summed E-state index contributed by atoms with van der Waals surface area (Å²) in [6, 6.07) is 0. The van der Waals surface area contributed by atoms with Crippen LogP contribution in [-0.2, 0) is 4.84 Å². The minimum absolute atomic E-state index is 0.985. The van der Waals surface area contributed by atoms with Crippen LogP contribution in [0.5, 0.6) is 0 Å². The van der Waals surface area contributed by atoms with Gasteiger partial charge in [-0.3, -0.25) is 0 Å². The van der Waals surface area contributed by atoms with Gasteiger partial charge in [0.05, 0.1) is 7.11 Å². The van der Waals surface area contributed by atoms with Crippen molar-refractivity contribution in [2.24, 2.45) is 0 Å².